The number of hydrogen-bond acceptors (Lipinski definition) is 6. The van der Waals surface area contributed by atoms with Crippen molar-refractivity contribution in [1.82, 2.24) is 24.7 Å². The fraction of sp³-hybridized carbons (Fsp3) is 0.188. The number of nitrogens with one attached hydrogen (secondary N) is 1. The van der Waals surface area contributed by atoms with Crippen LogP contribution in [0.2, 0.25) is 5.02 Å². The SMILES string of the molecule is CC(C)Oc1ncc(C(=O)Nc2cccnc2-n2cncn2)cc1Cl. The Kier molecular flexibility index (Phi) is 4.90. The van der Waals surface area contributed by atoms with Crippen LogP contribution in [0.5, 0.6) is 5.88 Å². The molecule has 0 fully saturated rings. The molecule has 0 aromatic carbocycles. The van der Waals surface area contributed by atoms with Gasteiger partial charge in [0, 0.05) is 12.4 Å². The number of pyridine rings is 2. The van der Waals surface area contributed by atoms with E-state index in [2.05, 4.69) is 25.4 Å². The van der Waals surface area contributed by atoms with E-state index in [-0.39, 0.29) is 22.9 Å². The third-order valence-electron chi connectivity index (χ3n) is 3.09. The minimum atomic E-state index is -0.375. The van der Waals surface area contributed by atoms with Gasteiger partial charge in [-0.1, -0.05) is 11.6 Å². The Labute approximate surface area is 148 Å². The molecule has 0 radical (unpaired) electrons. The quantitative estimate of drug-likeness (QED) is 0.753. The van der Waals surface area contributed by atoms with Crippen LogP contribution in [0.15, 0.2) is 43.2 Å². The fourth-order valence-corrected chi connectivity index (χ4v) is 2.26. The van der Waals surface area contributed by atoms with E-state index in [1.807, 2.05) is 13.8 Å². The van der Waals surface area contributed by atoms with Crippen molar-refractivity contribution in [3.63, 3.8) is 0 Å². The third kappa shape index (κ3) is 3.92. The number of anilines is 1. The van der Waals surface area contributed by atoms with Gasteiger partial charge in [0.2, 0.25) is 5.88 Å². The molecule has 0 aliphatic carbocycles. The summed E-state index contributed by atoms with van der Waals surface area (Å²) >= 11 is 6.13. The number of carbonyl (C=O) groups is 1. The summed E-state index contributed by atoms with van der Waals surface area (Å²) in [5, 5.41) is 7.06. The largest absolute Gasteiger partial charge is 0.474 e. The van der Waals surface area contributed by atoms with Crippen LogP contribution >= 0.6 is 11.6 Å². The molecule has 25 heavy (non-hydrogen) atoms. The van der Waals surface area contributed by atoms with Crippen molar-refractivity contribution in [1.29, 1.82) is 0 Å². The van der Waals surface area contributed by atoms with E-state index in [0.717, 1.165) is 0 Å². The summed E-state index contributed by atoms with van der Waals surface area (Å²) in [6.07, 6.45) is 5.82. The summed E-state index contributed by atoms with van der Waals surface area (Å²) in [5.41, 5.74) is 0.783. The normalized spacial score (nSPS) is 10.7. The summed E-state index contributed by atoms with van der Waals surface area (Å²) < 4.78 is 6.92. The second-order valence-electron chi connectivity index (χ2n) is 5.35. The Hall–Kier alpha value is -3.00. The Morgan fingerprint density at radius 3 is 2.88 bits per heavy atom. The zero-order valence-electron chi connectivity index (χ0n) is 13.5. The first-order valence-corrected chi connectivity index (χ1v) is 7.86. The number of amides is 1. The van der Waals surface area contributed by atoms with Crippen LogP contribution in [0.4, 0.5) is 5.69 Å². The zero-order valence-corrected chi connectivity index (χ0v) is 14.3. The highest BCUT2D eigenvalue weighted by Crippen LogP contribution is 2.24. The average molecular weight is 359 g/mol. The number of hydrogen-bond donors (Lipinski definition) is 1. The molecule has 3 aromatic rings. The Balaban J connectivity index is 1.83. The van der Waals surface area contributed by atoms with Crippen LogP contribution in [-0.4, -0.2) is 36.7 Å². The molecule has 3 heterocycles. The maximum atomic E-state index is 12.5. The molecule has 0 spiro atoms. The molecule has 0 saturated heterocycles. The summed E-state index contributed by atoms with van der Waals surface area (Å²) in [6, 6.07) is 4.93. The number of aromatic nitrogens is 5. The smallest absolute Gasteiger partial charge is 0.257 e. The lowest BCUT2D eigenvalue weighted by atomic mass is 10.2. The van der Waals surface area contributed by atoms with Crippen molar-refractivity contribution >= 4 is 23.2 Å². The van der Waals surface area contributed by atoms with Gasteiger partial charge in [0.05, 0.1) is 17.4 Å². The van der Waals surface area contributed by atoms with Crippen molar-refractivity contribution in [3.8, 4) is 11.7 Å². The molecule has 128 valence electrons. The molecule has 1 N–H and O–H groups in total. The number of ether oxygens (including phenoxy) is 1. The van der Waals surface area contributed by atoms with E-state index in [1.54, 1.807) is 18.3 Å². The van der Waals surface area contributed by atoms with Gasteiger partial charge in [-0.15, -0.1) is 0 Å². The summed E-state index contributed by atoms with van der Waals surface area (Å²) in [5.74, 6) is 0.366. The molecule has 8 nitrogen and oxygen atoms in total. The summed E-state index contributed by atoms with van der Waals surface area (Å²) in [4.78, 5) is 24.7. The van der Waals surface area contributed by atoms with Gasteiger partial charge in [-0.25, -0.2) is 19.6 Å². The second-order valence-corrected chi connectivity index (χ2v) is 5.75. The van der Waals surface area contributed by atoms with Gasteiger partial charge in [-0.3, -0.25) is 4.79 Å². The van der Waals surface area contributed by atoms with Crippen molar-refractivity contribution < 1.29 is 9.53 Å². The molecule has 0 saturated carbocycles. The first-order valence-electron chi connectivity index (χ1n) is 7.48. The van der Waals surface area contributed by atoms with Crippen molar-refractivity contribution in [2.45, 2.75) is 20.0 Å². The van der Waals surface area contributed by atoms with E-state index in [0.29, 0.717) is 17.1 Å². The van der Waals surface area contributed by atoms with Crippen LogP contribution < -0.4 is 10.1 Å². The summed E-state index contributed by atoms with van der Waals surface area (Å²) in [6.45, 7) is 3.74. The minimum Gasteiger partial charge on any atom is -0.474 e. The average Bonchev–Trinajstić information content (AvgIpc) is 3.11. The van der Waals surface area contributed by atoms with Gasteiger partial charge in [-0.2, -0.15) is 5.10 Å². The predicted molar refractivity (Wildman–Crippen MR) is 92.1 cm³/mol. The molecular weight excluding hydrogens is 344 g/mol. The number of carbonyl (C=O) groups excluding carboxylic acids is 1. The lowest BCUT2D eigenvalue weighted by Gasteiger charge is -2.12. The molecule has 9 heteroatoms. The number of rotatable bonds is 5. The first-order chi connectivity index (χ1) is 12.0. The highest BCUT2D eigenvalue weighted by atomic mass is 35.5. The molecule has 1 amide bonds. The van der Waals surface area contributed by atoms with Gasteiger partial charge < -0.3 is 10.1 Å². The van der Waals surface area contributed by atoms with Crippen molar-refractivity contribution in [2.75, 3.05) is 5.32 Å². The van der Waals surface area contributed by atoms with Crippen molar-refractivity contribution in [3.05, 3.63) is 53.8 Å². The van der Waals surface area contributed by atoms with Crippen LogP contribution in [-0.2, 0) is 0 Å². The zero-order chi connectivity index (χ0) is 17.8. The topological polar surface area (TPSA) is 94.8 Å². The highest BCUT2D eigenvalue weighted by molar-refractivity contribution is 6.32. The molecule has 0 bridgehead atoms. The van der Waals surface area contributed by atoms with E-state index in [4.69, 9.17) is 16.3 Å². The lowest BCUT2D eigenvalue weighted by Crippen LogP contribution is -2.15. The Morgan fingerprint density at radius 1 is 1.36 bits per heavy atom. The van der Waals surface area contributed by atoms with Gasteiger partial charge in [0.1, 0.15) is 17.7 Å². The van der Waals surface area contributed by atoms with E-state index >= 15 is 0 Å². The molecule has 0 unspecified atom stereocenters. The lowest BCUT2D eigenvalue weighted by molar-refractivity contribution is 0.102. The maximum absolute atomic E-state index is 12.5. The highest BCUT2D eigenvalue weighted by Gasteiger charge is 2.14. The van der Waals surface area contributed by atoms with Crippen LogP contribution in [0.3, 0.4) is 0 Å². The fourth-order valence-electron chi connectivity index (χ4n) is 2.05. The molecule has 0 atom stereocenters. The summed E-state index contributed by atoms with van der Waals surface area (Å²) in [7, 11) is 0. The maximum Gasteiger partial charge on any atom is 0.257 e. The van der Waals surface area contributed by atoms with E-state index in [1.165, 1.54) is 29.6 Å². The minimum absolute atomic E-state index is 0.0645. The second kappa shape index (κ2) is 7.27. The molecule has 3 aromatic heterocycles. The Bertz CT molecular complexity index is 882. The number of nitrogens with zero attached hydrogens (tertiary/aromatic N) is 5. The van der Waals surface area contributed by atoms with Crippen molar-refractivity contribution in [2.24, 2.45) is 0 Å². The van der Waals surface area contributed by atoms with Crippen LogP contribution in [0.25, 0.3) is 5.82 Å². The van der Waals surface area contributed by atoms with E-state index < -0.39 is 0 Å². The first kappa shape index (κ1) is 16.8. The van der Waals surface area contributed by atoms with E-state index in [9.17, 15) is 4.79 Å². The Morgan fingerprint density at radius 2 is 2.20 bits per heavy atom. The van der Waals surface area contributed by atoms with Gasteiger partial charge in [-0.05, 0) is 32.0 Å². The third-order valence-corrected chi connectivity index (χ3v) is 3.36. The van der Waals surface area contributed by atoms with Gasteiger partial charge in [0.15, 0.2) is 5.82 Å². The molecule has 3 rings (SSSR count). The van der Waals surface area contributed by atoms with Crippen LogP contribution in [0.1, 0.15) is 24.2 Å². The molecular formula is C16H15ClN6O2. The monoisotopic (exact) mass is 358 g/mol. The number of halogens is 1. The predicted octanol–water partition coefficient (Wildman–Crippen LogP) is 2.75. The van der Waals surface area contributed by atoms with Gasteiger partial charge >= 0.3 is 0 Å². The van der Waals surface area contributed by atoms with Crippen LogP contribution in [0, 0.1) is 0 Å². The standard InChI is InChI=1S/C16H15ClN6O2/c1-10(2)25-16-12(17)6-11(7-20-16)15(24)22-13-4-3-5-19-14(13)23-9-18-8-21-23/h3-10H,1-2H3,(H,22,24). The molecule has 0 aliphatic rings. The molecule has 0 aliphatic heterocycles. The van der Waals surface area contributed by atoms with Gasteiger partial charge in [0.25, 0.3) is 5.91 Å².